The smallest absolute Gasteiger partial charge is 0.413 e. The molecule has 0 aliphatic heterocycles. The van der Waals surface area contributed by atoms with Crippen molar-refractivity contribution in [1.82, 2.24) is 0 Å². The van der Waals surface area contributed by atoms with Gasteiger partial charge in [0.05, 0.1) is 17.4 Å². The van der Waals surface area contributed by atoms with Gasteiger partial charge in [-0.05, 0) is 43.5 Å². The Bertz CT molecular complexity index is 1000. The molecule has 2 aromatic rings. The fraction of sp³-hybridized carbons (Fsp3) is 0.250. The summed E-state index contributed by atoms with van der Waals surface area (Å²) in [4.78, 5) is 13.1. The molecule has 136 valence electrons. The maximum absolute atomic E-state index is 13.4. The number of hydrogen-bond acceptors (Lipinski definition) is 3. The lowest BCUT2D eigenvalue weighted by Gasteiger charge is -2.23. The third-order valence-corrected chi connectivity index (χ3v) is 4.44. The molecule has 1 aromatic heterocycles. The number of halogens is 3. The Morgan fingerprint density at radius 2 is 2.08 bits per heavy atom. The van der Waals surface area contributed by atoms with Gasteiger partial charge >= 0.3 is 6.18 Å². The third-order valence-electron chi connectivity index (χ3n) is 4.44. The fourth-order valence-corrected chi connectivity index (χ4v) is 3.21. The first-order valence-corrected chi connectivity index (χ1v) is 8.06. The summed E-state index contributed by atoms with van der Waals surface area (Å²) in [6.07, 6.45) is 1.99. The molecule has 1 atom stereocenters. The molecule has 26 heavy (non-hydrogen) atoms. The van der Waals surface area contributed by atoms with Gasteiger partial charge in [0, 0.05) is 17.1 Å². The molecule has 0 amide bonds. The average Bonchev–Trinajstić information content (AvgIpc) is 2.56. The average molecular weight is 362 g/mol. The van der Waals surface area contributed by atoms with Crippen LogP contribution in [-0.4, -0.2) is 11.3 Å². The van der Waals surface area contributed by atoms with Gasteiger partial charge < -0.3 is 9.52 Å². The number of rotatable bonds is 2. The summed E-state index contributed by atoms with van der Waals surface area (Å²) in [5.74, 6) is -1.13. The summed E-state index contributed by atoms with van der Waals surface area (Å²) in [7, 11) is 0. The lowest BCUT2D eigenvalue weighted by Crippen LogP contribution is -2.24. The minimum Gasteiger partial charge on any atom is -0.513 e. The Morgan fingerprint density at radius 1 is 1.35 bits per heavy atom. The van der Waals surface area contributed by atoms with Crippen molar-refractivity contribution in [1.29, 1.82) is 0 Å². The number of aliphatic hydroxyl groups is 1. The van der Waals surface area contributed by atoms with Crippen molar-refractivity contribution in [2.75, 3.05) is 0 Å². The van der Waals surface area contributed by atoms with E-state index in [1.165, 1.54) is 19.1 Å². The maximum atomic E-state index is 13.4. The van der Waals surface area contributed by atoms with Gasteiger partial charge in [-0.15, -0.1) is 0 Å². The Balaban J connectivity index is 2.28. The molecule has 1 aliphatic rings. The summed E-state index contributed by atoms with van der Waals surface area (Å²) < 4.78 is 45.6. The van der Waals surface area contributed by atoms with Crippen LogP contribution in [0.1, 0.15) is 36.0 Å². The van der Waals surface area contributed by atoms with E-state index in [1.807, 2.05) is 0 Å². The number of aryl methyl sites for hydroxylation is 1. The Labute approximate surface area is 147 Å². The summed E-state index contributed by atoms with van der Waals surface area (Å²) >= 11 is 0. The van der Waals surface area contributed by atoms with Crippen molar-refractivity contribution >= 4 is 17.0 Å². The van der Waals surface area contributed by atoms with Crippen molar-refractivity contribution in [2.24, 2.45) is 0 Å². The number of allylic oxidation sites excluding steroid dienone is 5. The molecule has 0 bridgehead atoms. The highest BCUT2D eigenvalue weighted by Crippen LogP contribution is 2.40. The predicted octanol–water partition coefficient (Wildman–Crippen LogP) is 5.55. The topological polar surface area (TPSA) is 50.4 Å². The van der Waals surface area contributed by atoms with Gasteiger partial charge in [-0.25, -0.2) is 0 Å². The van der Waals surface area contributed by atoms with Gasteiger partial charge in [0.2, 0.25) is 0 Å². The highest BCUT2D eigenvalue weighted by atomic mass is 19.4. The zero-order valence-electron chi connectivity index (χ0n) is 14.2. The number of benzene rings is 1. The number of aliphatic hydroxyl groups excluding tert-OH is 1. The van der Waals surface area contributed by atoms with Crippen LogP contribution in [0.4, 0.5) is 13.2 Å². The van der Waals surface area contributed by atoms with E-state index in [1.54, 1.807) is 25.1 Å². The van der Waals surface area contributed by atoms with Crippen molar-refractivity contribution < 1.29 is 22.7 Å². The lowest BCUT2D eigenvalue weighted by atomic mass is 9.85. The molecule has 0 saturated carbocycles. The molecular weight excluding hydrogens is 345 g/mol. The first-order valence-electron chi connectivity index (χ1n) is 8.06. The third kappa shape index (κ3) is 3.19. The zero-order chi connectivity index (χ0) is 19.1. The Kier molecular flexibility index (Phi) is 4.52. The predicted molar refractivity (Wildman–Crippen MR) is 94.1 cm³/mol. The summed E-state index contributed by atoms with van der Waals surface area (Å²) in [5, 5.41) is 9.78. The summed E-state index contributed by atoms with van der Waals surface area (Å²) in [5.41, 5.74) is 0.0992. The number of fused-ring (bicyclic) bond motifs is 1. The van der Waals surface area contributed by atoms with Gasteiger partial charge in [-0.3, -0.25) is 4.79 Å². The molecule has 0 spiro atoms. The molecule has 0 saturated heterocycles. The second-order valence-corrected chi connectivity index (χ2v) is 6.31. The van der Waals surface area contributed by atoms with Crippen LogP contribution in [0, 0.1) is 6.92 Å². The van der Waals surface area contributed by atoms with Crippen LogP contribution >= 0.6 is 0 Å². The minimum absolute atomic E-state index is 0.0121. The molecule has 1 N–H and O–H groups in total. The molecule has 6 heteroatoms. The lowest BCUT2D eigenvalue weighted by molar-refractivity contribution is -0.0960. The molecule has 0 fully saturated rings. The van der Waals surface area contributed by atoms with Gasteiger partial charge in [-0.2, -0.15) is 13.2 Å². The van der Waals surface area contributed by atoms with Gasteiger partial charge in [0.25, 0.3) is 0 Å². The second-order valence-electron chi connectivity index (χ2n) is 6.31. The van der Waals surface area contributed by atoms with E-state index in [2.05, 4.69) is 0 Å². The molecular formula is C20H17F3O3. The fourth-order valence-electron chi connectivity index (χ4n) is 3.21. The maximum Gasteiger partial charge on any atom is 0.413 e. The number of hydrogen-bond donors (Lipinski definition) is 1. The molecule has 1 unspecified atom stereocenters. The quantitative estimate of drug-likeness (QED) is 0.713. The van der Waals surface area contributed by atoms with E-state index in [-0.39, 0.29) is 28.7 Å². The first-order chi connectivity index (χ1) is 12.2. The van der Waals surface area contributed by atoms with E-state index >= 15 is 0 Å². The Morgan fingerprint density at radius 3 is 2.73 bits per heavy atom. The largest absolute Gasteiger partial charge is 0.513 e. The van der Waals surface area contributed by atoms with E-state index in [0.29, 0.717) is 11.1 Å². The van der Waals surface area contributed by atoms with Crippen molar-refractivity contribution in [3.63, 3.8) is 0 Å². The van der Waals surface area contributed by atoms with Crippen LogP contribution in [0.25, 0.3) is 17.0 Å². The summed E-state index contributed by atoms with van der Waals surface area (Å²) in [6, 6.07) is 3.32. The van der Waals surface area contributed by atoms with Crippen LogP contribution in [0.3, 0.4) is 0 Å². The monoisotopic (exact) mass is 362 g/mol. The molecule has 1 aliphatic carbocycles. The molecule has 0 radical (unpaired) electrons. The number of alkyl halides is 3. The highest BCUT2D eigenvalue weighted by Gasteiger charge is 2.40. The van der Waals surface area contributed by atoms with Crippen LogP contribution in [0.5, 0.6) is 0 Å². The molecule has 1 aromatic carbocycles. The van der Waals surface area contributed by atoms with Crippen molar-refractivity contribution in [2.45, 2.75) is 32.4 Å². The van der Waals surface area contributed by atoms with E-state index < -0.39 is 23.1 Å². The van der Waals surface area contributed by atoms with Crippen LogP contribution in [-0.2, 0) is 0 Å². The van der Waals surface area contributed by atoms with Crippen LogP contribution in [0.2, 0.25) is 0 Å². The first kappa shape index (κ1) is 18.0. The molecule has 1 heterocycles. The van der Waals surface area contributed by atoms with Gasteiger partial charge in [-0.1, -0.05) is 24.3 Å². The Hall–Kier alpha value is -2.76. The SMILES string of the molecule is C/C(O)=C\c1c(C)ccc2occ(C3CC=CC=C3C(F)(F)F)c(=O)c12. The van der Waals surface area contributed by atoms with Gasteiger partial charge in [0.1, 0.15) is 5.58 Å². The standard InChI is InChI=1S/C20H17F3O3/c1-11-7-8-17-18(14(11)9-12(2)24)19(25)15(10-26-17)13-5-3-4-6-16(13)20(21,22)23/h3-4,6-10,13,24H,5H2,1-2H3/b12-9+. The summed E-state index contributed by atoms with van der Waals surface area (Å²) in [6.45, 7) is 3.21. The van der Waals surface area contributed by atoms with Crippen LogP contribution < -0.4 is 5.43 Å². The van der Waals surface area contributed by atoms with E-state index in [9.17, 15) is 23.1 Å². The zero-order valence-corrected chi connectivity index (χ0v) is 14.2. The molecule has 3 rings (SSSR count). The van der Waals surface area contributed by atoms with Crippen molar-refractivity contribution in [3.05, 3.63) is 74.9 Å². The van der Waals surface area contributed by atoms with E-state index in [0.717, 1.165) is 12.3 Å². The van der Waals surface area contributed by atoms with Crippen LogP contribution in [0.15, 0.2) is 57.2 Å². The van der Waals surface area contributed by atoms with Gasteiger partial charge in [0.15, 0.2) is 5.43 Å². The molecule has 3 nitrogen and oxygen atoms in total. The minimum atomic E-state index is -4.53. The van der Waals surface area contributed by atoms with E-state index in [4.69, 9.17) is 4.42 Å². The van der Waals surface area contributed by atoms with Crippen molar-refractivity contribution in [3.8, 4) is 0 Å². The highest BCUT2D eigenvalue weighted by molar-refractivity contribution is 5.88. The normalized spacial score (nSPS) is 18.3. The second kappa shape index (κ2) is 6.52.